The number of thioether (sulfide) groups is 1. The van der Waals surface area contributed by atoms with E-state index >= 15 is 0 Å². The third-order valence-electron chi connectivity index (χ3n) is 2.29. The normalized spacial score (nSPS) is 11.4. The highest BCUT2D eigenvalue weighted by Gasteiger charge is 2.27. The summed E-state index contributed by atoms with van der Waals surface area (Å²) in [5.41, 5.74) is 1.08. The monoisotopic (exact) mass is 307 g/mol. The molecule has 0 aliphatic carbocycles. The number of benzene rings is 1. The minimum Gasteiger partial charge on any atom is -0.370 e. The molecule has 0 spiro atoms. The van der Waals surface area contributed by atoms with E-state index in [0.29, 0.717) is 0 Å². The summed E-state index contributed by atoms with van der Waals surface area (Å²) in [4.78, 5) is 12.5. The van der Waals surface area contributed by atoms with E-state index in [0.717, 1.165) is 10.5 Å². The zero-order valence-electron chi connectivity index (χ0n) is 11.0. The number of ether oxygens (including phenoxy) is 1. The lowest BCUT2D eigenvalue weighted by Gasteiger charge is -2.09. The molecular weight excluding hydrogens is 291 g/mol. The lowest BCUT2D eigenvalue weighted by Crippen LogP contribution is -2.30. The van der Waals surface area contributed by atoms with Crippen molar-refractivity contribution in [2.75, 3.05) is 25.5 Å². The van der Waals surface area contributed by atoms with Gasteiger partial charge in [0.25, 0.3) is 0 Å². The Morgan fingerprint density at radius 1 is 1.35 bits per heavy atom. The standard InChI is InChI=1S/C13H16F3NO2S/c1-10-4-2-3-5-11(10)20-8-12(18)17-6-7-19-9-13(14,15)16/h2-5H,6-9H2,1H3,(H,17,18). The largest absolute Gasteiger partial charge is 0.411 e. The molecular formula is C13H16F3NO2S. The quantitative estimate of drug-likeness (QED) is 0.622. The molecule has 0 radical (unpaired) electrons. The van der Waals surface area contributed by atoms with Crippen molar-refractivity contribution in [2.45, 2.75) is 18.0 Å². The lowest BCUT2D eigenvalue weighted by atomic mass is 10.2. The molecule has 0 saturated carbocycles. The van der Waals surface area contributed by atoms with Gasteiger partial charge in [0.15, 0.2) is 0 Å². The lowest BCUT2D eigenvalue weighted by molar-refractivity contribution is -0.173. The van der Waals surface area contributed by atoms with Crippen LogP contribution in [0, 0.1) is 6.92 Å². The maximum atomic E-state index is 11.8. The van der Waals surface area contributed by atoms with Crippen molar-refractivity contribution in [3.63, 3.8) is 0 Å². The predicted molar refractivity (Wildman–Crippen MR) is 71.8 cm³/mol. The van der Waals surface area contributed by atoms with E-state index in [-0.39, 0.29) is 24.8 Å². The van der Waals surface area contributed by atoms with Crippen LogP contribution < -0.4 is 5.32 Å². The van der Waals surface area contributed by atoms with Gasteiger partial charge in [0.1, 0.15) is 6.61 Å². The highest BCUT2D eigenvalue weighted by Crippen LogP contribution is 2.21. The van der Waals surface area contributed by atoms with Gasteiger partial charge in [0.05, 0.1) is 12.4 Å². The van der Waals surface area contributed by atoms with Crippen LogP contribution in [0.1, 0.15) is 5.56 Å². The summed E-state index contributed by atoms with van der Waals surface area (Å²) in [6.45, 7) is 0.579. The van der Waals surface area contributed by atoms with Gasteiger partial charge in [-0.1, -0.05) is 18.2 Å². The maximum absolute atomic E-state index is 11.8. The molecule has 7 heteroatoms. The number of nitrogens with one attached hydrogen (secondary N) is 1. The molecule has 0 aromatic heterocycles. The van der Waals surface area contributed by atoms with Crippen LogP contribution in [0.3, 0.4) is 0 Å². The Balaban J connectivity index is 2.14. The van der Waals surface area contributed by atoms with Crippen LogP contribution in [-0.4, -0.2) is 37.6 Å². The molecule has 0 aliphatic heterocycles. The second kappa shape index (κ2) is 8.16. The molecule has 0 unspecified atom stereocenters. The third-order valence-corrected chi connectivity index (χ3v) is 3.46. The van der Waals surface area contributed by atoms with Crippen LogP contribution in [-0.2, 0) is 9.53 Å². The topological polar surface area (TPSA) is 38.3 Å². The highest BCUT2D eigenvalue weighted by atomic mass is 32.2. The van der Waals surface area contributed by atoms with Gasteiger partial charge in [-0.3, -0.25) is 4.79 Å². The first kappa shape index (κ1) is 16.8. The second-order valence-corrected chi connectivity index (χ2v) is 5.09. The first-order valence-electron chi connectivity index (χ1n) is 5.98. The van der Waals surface area contributed by atoms with Crippen LogP contribution in [0.15, 0.2) is 29.2 Å². The Morgan fingerprint density at radius 2 is 2.05 bits per heavy atom. The number of rotatable bonds is 7. The Morgan fingerprint density at radius 3 is 2.70 bits per heavy atom. The number of amides is 1. The fourth-order valence-corrected chi connectivity index (χ4v) is 2.22. The fraction of sp³-hybridized carbons (Fsp3) is 0.462. The second-order valence-electron chi connectivity index (χ2n) is 4.07. The van der Waals surface area contributed by atoms with Gasteiger partial charge in [0, 0.05) is 11.4 Å². The van der Waals surface area contributed by atoms with E-state index < -0.39 is 12.8 Å². The molecule has 0 atom stereocenters. The minimum absolute atomic E-state index is 0.0727. The van der Waals surface area contributed by atoms with Gasteiger partial charge in [-0.2, -0.15) is 13.2 Å². The summed E-state index contributed by atoms with van der Waals surface area (Å²) in [6, 6.07) is 7.67. The molecule has 1 aromatic carbocycles. The molecule has 20 heavy (non-hydrogen) atoms. The van der Waals surface area contributed by atoms with Crippen molar-refractivity contribution in [1.82, 2.24) is 5.32 Å². The van der Waals surface area contributed by atoms with Crippen LogP contribution in [0.2, 0.25) is 0 Å². The molecule has 1 rings (SSSR count). The van der Waals surface area contributed by atoms with Gasteiger partial charge in [-0.05, 0) is 18.6 Å². The molecule has 0 saturated heterocycles. The van der Waals surface area contributed by atoms with Crippen LogP contribution in [0.5, 0.6) is 0 Å². The summed E-state index contributed by atoms with van der Waals surface area (Å²) in [6.07, 6.45) is -4.33. The number of carbonyl (C=O) groups is 1. The van der Waals surface area contributed by atoms with Crippen LogP contribution >= 0.6 is 11.8 Å². The highest BCUT2D eigenvalue weighted by molar-refractivity contribution is 8.00. The van der Waals surface area contributed by atoms with Crippen molar-refractivity contribution >= 4 is 17.7 Å². The van der Waals surface area contributed by atoms with Crippen molar-refractivity contribution in [1.29, 1.82) is 0 Å². The van der Waals surface area contributed by atoms with Gasteiger partial charge in [0.2, 0.25) is 5.91 Å². The van der Waals surface area contributed by atoms with E-state index in [1.165, 1.54) is 11.8 Å². The number of hydrogen-bond donors (Lipinski definition) is 1. The smallest absolute Gasteiger partial charge is 0.370 e. The molecule has 112 valence electrons. The molecule has 1 amide bonds. The van der Waals surface area contributed by atoms with Gasteiger partial charge >= 0.3 is 6.18 Å². The van der Waals surface area contributed by atoms with Crippen molar-refractivity contribution in [3.05, 3.63) is 29.8 Å². The van der Waals surface area contributed by atoms with E-state index in [2.05, 4.69) is 10.1 Å². The zero-order valence-corrected chi connectivity index (χ0v) is 11.8. The Labute approximate surface area is 119 Å². The summed E-state index contributed by atoms with van der Waals surface area (Å²) in [5.74, 6) is -0.00159. The Hall–Kier alpha value is -1.21. The first-order chi connectivity index (χ1) is 9.38. The van der Waals surface area contributed by atoms with Gasteiger partial charge in [-0.25, -0.2) is 0 Å². The van der Waals surface area contributed by atoms with Gasteiger partial charge < -0.3 is 10.1 Å². The molecule has 3 nitrogen and oxygen atoms in total. The molecule has 1 N–H and O–H groups in total. The number of halogens is 3. The molecule has 0 bridgehead atoms. The first-order valence-corrected chi connectivity index (χ1v) is 6.96. The maximum Gasteiger partial charge on any atom is 0.411 e. The van der Waals surface area contributed by atoms with E-state index in [4.69, 9.17) is 0 Å². The Bertz CT molecular complexity index is 438. The minimum atomic E-state index is -4.33. The van der Waals surface area contributed by atoms with Crippen molar-refractivity contribution in [2.24, 2.45) is 0 Å². The summed E-state index contributed by atoms with van der Waals surface area (Å²) in [5, 5.41) is 2.51. The predicted octanol–water partition coefficient (Wildman–Crippen LogP) is 2.78. The summed E-state index contributed by atoms with van der Waals surface area (Å²) < 4.78 is 39.7. The van der Waals surface area contributed by atoms with Gasteiger partial charge in [-0.15, -0.1) is 11.8 Å². The fourth-order valence-electron chi connectivity index (χ4n) is 1.36. The molecule has 0 heterocycles. The third kappa shape index (κ3) is 7.40. The zero-order chi connectivity index (χ0) is 15.0. The number of aryl methyl sites for hydroxylation is 1. The number of alkyl halides is 3. The Kier molecular flexibility index (Phi) is 6.87. The van der Waals surface area contributed by atoms with E-state index in [9.17, 15) is 18.0 Å². The SMILES string of the molecule is Cc1ccccc1SCC(=O)NCCOCC(F)(F)F. The van der Waals surface area contributed by atoms with Crippen LogP contribution in [0.4, 0.5) is 13.2 Å². The number of hydrogen-bond acceptors (Lipinski definition) is 3. The number of carbonyl (C=O) groups excluding carboxylic acids is 1. The van der Waals surface area contributed by atoms with E-state index in [1.807, 2.05) is 31.2 Å². The van der Waals surface area contributed by atoms with E-state index in [1.54, 1.807) is 0 Å². The van der Waals surface area contributed by atoms with Crippen LogP contribution in [0.25, 0.3) is 0 Å². The summed E-state index contributed by atoms with van der Waals surface area (Å²) in [7, 11) is 0. The van der Waals surface area contributed by atoms with Crippen molar-refractivity contribution < 1.29 is 22.7 Å². The average molecular weight is 307 g/mol. The average Bonchev–Trinajstić information content (AvgIpc) is 2.36. The molecule has 0 fully saturated rings. The summed E-state index contributed by atoms with van der Waals surface area (Å²) >= 11 is 1.39. The van der Waals surface area contributed by atoms with Crippen molar-refractivity contribution in [3.8, 4) is 0 Å². The molecule has 1 aromatic rings. The molecule has 0 aliphatic rings.